The summed E-state index contributed by atoms with van der Waals surface area (Å²) in [6, 6.07) is 24.1. The van der Waals surface area contributed by atoms with Gasteiger partial charge in [0, 0.05) is 21.5 Å². The molecule has 31 heavy (non-hydrogen) atoms. The SMILES string of the molecule is CCc1cccc(Nc2nc(Nc3ccc(Br)cc3)nc(Nc3cccc(C)c3)n2)c1. The van der Waals surface area contributed by atoms with Crippen LogP contribution in [0.5, 0.6) is 0 Å². The number of hydrogen-bond acceptors (Lipinski definition) is 6. The molecule has 0 fully saturated rings. The van der Waals surface area contributed by atoms with Crippen molar-refractivity contribution in [3.8, 4) is 0 Å². The smallest absolute Gasteiger partial charge is 0.233 e. The zero-order valence-electron chi connectivity index (χ0n) is 17.4. The van der Waals surface area contributed by atoms with Crippen LogP contribution >= 0.6 is 15.9 Å². The maximum absolute atomic E-state index is 4.57. The third kappa shape index (κ3) is 5.79. The van der Waals surface area contributed by atoms with Crippen molar-refractivity contribution in [1.82, 2.24) is 15.0 Å². The van der Waals surface area contributed by atoms with E-state index < -0.39 is 0 Å². The third-order valence-electron chi connectivity index (χ3n) is 4.60. The molecule has 4 aromatic rings. The molecule has 0 spiro atoms. The minimum Gasteiger partial charge on any atom is -0.324 e. The highest BCUT2D eigenvalue weighted by Crippen LogP contribution is 2.22. The highest BCUT2D eigenvalue weighted by Gasteiger charge is 2.09. The van der Waals surface area contributed by atoms with Crippen LogP contribution < -0.4 is 16.0 Å². The number of nitrogens with one attached hydrogen (secondary N) is 3. The van der Waals surface area contributed by atoms with Gasteiger partial charge in [0.1, 0.15) is 0 Å². The summed E-state index contributed by atoms with van der Waals surface area (Å²) in [4.78, 5) is 13.7. The second-order valence-corrected chi connectivity index (χ2v) is 8.03. The molecule has 0 saturated carbocycles. The number of aryl methyl sites for hydroxylation is 2. The van der Waals surface area contributed by atoms with Gasteiger partial charge in [0.2, 0.25) is 17.8 Å². The lowest BCUT2D eigenvalue weighted by atomic mass is 10.1. The van der Waals surface area contributed by atoms with E-state index in [1.54, 1.807) is 0 Å². The molecule has 3 N–H and O–H groups in total. The Labute approximate surface area is 190 Å². The predicted octanol–water partition coefficient (Wildman–Crippen LogP) is 6.74. The lowest BCUT2D eigenvalue weighted by Gasteiger charge is -2.12. The molecule has 3 aromatic carbocycles. The zero-order valence-corrected chi connectivity index (χ0v) is 18.9. The summed E-state index contributed by atoms with van der Waals surface area (Å²) in [5.41, 5.74) is 5.13. The van der Waals surface area contributed by atoms with Crippen LogP contribution in [0.2, 0.25) is 0 Å². The fraction of sp³-hybridized carbons (Fsp3) is 0.125. The Bertz CT molecular complexity index is 1180. The molecule has 0 unspecified atom stereocenters. The number of rotatable bonds is 7. The monoisotopic (exact) mass is 474 g/mol. The van der Waals surface area contributed by atoms with Crippen molar-refractivity contribution >= 4 is 50.8 Å². The molecule has 0 aliphatic rings. The third-order valence-corrected chi connectivity index (χ3v) is 5.13. The predicted molar refractivity (Wildman–Crippen MR) is 131 cm³/mol. The molecule has 7 heteroatoms. The first-order valence-corrected chi connectivity index (χ1v) is 10.8. The van der Waals surface area contributed by atoms with Crippen LogP contribution in [0.1, 0.15) is 18.1 Å². The van der Waals surface area contributed by atoms with Gasteiger partial charge in [-0.2, -0.15) is 15.0 Å². The fourth-order valence-electron chi connectivity index (χ4n) is 3.06. The quantitative estimate of drug-likeness (QED) is 0.275. The number of hydrogen-bond donors (Lipinski definition) is 3. The van der Waals surface area contributed by atoms with Gasteiger partial charge < -0.3 is 16.0 Å². The molecule has 6 nitrogen and oxygen atoms in total. The van der Waals surface area contributed by atoms with E-state index in [9.17, 15) is 0 Å². The van der Waals surface area contributed by atoms with E-state index in [2.05, 4.69) is 65.9 Å². The van der Waals surface area contributed by atoms with Crippen molar-refractivity contribution in [2.24, 2.45) is 0 Å². The summed E-state index contributed by atoms with van der Waals surface area (Å²) in [6.45, 7) is 4.18. The summed E-state index contributed by atoms with van der Waals surface area (Å²) >= 11 is 3.46. The van der Waals surface area contributed by atoms with E-state index in [4.69, 9.17) is 0 Å². The Morgan fingerprint density at radius 1 is 0.677 bits per heavy atom. The summed E-state index contributed by atoms with van der Waals surface area (Å²) in [6.07, 6.45) is 0.962. The Balaban J connectivity index is 1.65. The molecule has 0 atom stereocenters. The average molecular weight is 475 g/mol. The summed E-state index contributed by atoms with van der Waals surface area (Å²) in [5.74, 6) is 1.36. The van der Waals surface area contributed by atoms with E-state index in [-0.39, 0.29) is 0 Å². The lowest BCUT2D eigenvalue weighted by molar-refractivity contribution is 1.06. The standard InChI is InChI=1S/C24H23BrN6/c1-3-17-7-5-9-21(15-17)28-24-30-22(26-19-12-10-18(25)11-13-19)29-23(31-24)27-20-8-4-6-16(2)14-20/h4-15H,3H2,1-2H3,(H3,26,27,28,29,30,31). The average Bonchev–Trinajstić information content (AvgIpc) is 2.75. The van der Waals surface area contributed by atoms with Crippen LogP contribution in [0.15, 0.2) is 77.3 Å². The molecule has 0 aliphatic carbocycles. The largest absolute Gasteiger partial charge is 0.324 e. The minimum absolute atomic E-state index is 0.446. The van der Waals surface area contributed by atoms with Crippen molar-refractivity contribution in [2.75, 3.05) is 16.0 Å². The van der Waals surface area contributed by atoms with Crippen molar-refractivity contribution in [1.29, 1.82) is 0 Å². The maximum Gasteiger partial charge on any atom is 0.233 e. The molecule has 1 heterocycles. The summed E-state index contributed by atoms with van der Waals surface area (Å²) in [7, 11) is 0. The van der Waals surface area contributed by atoms with Gasteiger partial charge in [-0.05, 0) is 73.0 Å². The van der Waals surface area contributed by atoms with Gasteiger partial charge >= 0.3 is 0 Å². The van der Waals surface area contributed by atoms with Gasteiger partial charge in [-0.3, -0.25) is 0 Å². The lowest BCUT2D eigenvalue weighted by Crippen LogP contribution is -2.07. The summed E-state index contributed by atoms with van der Waals surface area (Å²) in [5, 5.41) is 9.84. The molecule has 156 valence electrons. The number of aromatic nitrogens is 3. The Morgan fingerprint density at radius 3 is 1.81 bits per heavy atom. The van der Waals surface area contributed by atoms with Crippen molar-refractivity contribution < 1.29 is 0 Å². The van der Waals surface area contributed by atoms with Crippen LogP contribution in [0, 0.1) is 6.92 Å². The first-order valence-electron chi connectivity index (χ1n) is 10.1. The molecule has 0 aliphatic heterocycles. The van der Waals surface area contributed by atoms with E-state index in [1.807, 2.05) is 67.6 Å². The number of anilines is 6. The molecule has 4 rings (SSSR count). The highest BCUT2D eigenvalue weighted by atomic mass is 79.9. The molecular formula is C24H23BrN6. The zero-order chi connectivity index (χ0) is 21.6. The van der Waals surface area contributed by atoms with E-state index in [1.165, 1.54) is 5.56 Å². The highest BCUT2D eigenvalue weighted by molar-refractivity contribution is 9.10. The van der Waals surface area contributed by atoms with Crippen LogP contribution in [0.3, 0.4) is 0 Å². The Kier molecular flexibility index (Phi) is 6.43. The van der Waals surface area contributed by atoms with Gasteiger partial charge in [0.05, 0.1) is 0 Å². The van der Waals surface area contributed by atoms with Gasteiger partial charge in [0.25, 0.3) is 0 Å². The van der Waals surface area contributed by atoms with Crippen LogP contribution in [0.4, 0.5) is 34.9 Å². The van der Waals surface area contributed by atoms with Crippen molar-refractivity contribution in [3.63, 3.8) is 0 Å². The van der Waals surface area contributed by atoms with E-state index in [0.717, 1.165) is 33.5 Å². The second-order valence-electron chi connectivity index (χ2n) is 7.11. The van der Waals surface area contributed by atoms with E-state index in [0.29, 0.717) is 17.8 Å². The van der Waals surface area contributed by atoms with Gasteiger partial charge in [-0.15, -0.1) is 0 Å². The fourth-order valence-corrected chi connectivity index (χ4v) is 3.32. The van der Waals surface area contributed by atoms with Crippen molar-refractivity contribution in [3.05, 3.63) is 88.4 Å². The van der Waals surface area contributed by atoms with Crippen molar-refractivity contribution in [2.45, 2.75) is 20.3 Å². The van der Waals surface area contributed by atoms with Gasteiger partial charge in [-0.25, -0.2) is 0 Å². The number of nitrogens with zero attached hydrogens (tertiary/aromatic N) is 3. The Hall–Kier alpha value is -3.45. The van der Waals surface area contributed by atoms with Crippen LogP contribution in [-0.4, -0.2) is 15.0 Å². The molecule has 0 amide bonds. The van der Waals surface area contributed by atoms with Gasteiger partial charge in [-0.1, -0.05) is 47.1 Å². The summed E-state index contributed by atoms with van der Waals surface area (Å²) < 4.78 is 1.01. The van der Waals surface area contributed by atoms with E-state index >= 15 is 0 Å². The van der Waals surface area contributed by atoms with Gasteiger partial charge in [0.15, 0.2) is 0 Å². The molecule has 0 bridgehead atoms. The normalized spacial score (nSPS) is 10.5. The first kappa shape index (κ1) is 20.8. The molecule has 0 saturated heterocycles. The minimum atomic E-state index is 0.446. The molecule has 1 aromatic heterocycles. The maximum atomic E-state index is 4.57. The molecule has 0 radical (unpaired) electrons. The van der Waals surface area contributed by atoms with Crippen LogP contribution in [-0.2, 0) is 6.42 Å². The number of benzene rings is 3. The topological polar surface area (TPSA) is 74.8 Å². The Morgan fingerprint density at radius 2 is 1.23 bits per heavy atom. The molecular weight excluding hydrogens is 452 g/mol. The first-order chi connectivity index (χ1) is 15.1. The van der Waals surface area contributed by atoms with Crippen LogP contribution in [0.25, 0.3) is 0 Å². The number of halogens is 1. The second kappa shape index (κ2) is 9.57.